The van der Waals surface area contributed by atoms with E-state index in [-0.39, 0.29) is 11.7 Å². The Bertz CT molecular complexity index is 630. The van der Waals surface area contributed by atoms with Gasteiger partial charge in [-0.1, -0.05) is 0 Å². The zero-order chi connectivity index (χ0) is 17.5. The van der Waals surface area contributed by atoms with Crippen molar-refractivity contribution in [3.05, 3.63) is 48.0 Å². The van der Waals surface area contributed by atoms with Crippen molar-refractivity contribution in [3.63, 3.8) is 0 Å². The van der Waals surface area contributed by atoms with Crippen LogP contribution >= 0.6 is 0 Å². The molecule has 24 heavy (non-hydrogen) atoms. The van der Waals surface area contributed by atoms with Crippen LogP contribution in [0, 0.1) is 0 Å². The molecule has 0 bridgehead atoms. The number of aromatic nitrogens is 2. The second-order valence-corrected chi connectivity index (χ2v) is 5.51. The first-order valence-corrected chi connectivity index (χ1v) is 7.42. The molecule has 1 aromatic carbocycles. The topological polar surface area (TPSA) is 61.5 Å². The molecule has 0 unspecified atom stereocenters. The summed E-state index contributed by atoms with van der Waals surface area (Å²) in [5.41, 5.74) is 1.23. The number of rotatable bonds is 8. The van der Waals surface area contributed by atoms with E-state index in [2.05, 4.69) is 14.7 Å². The first kappa shape index (κ1) is 17.9. The van der Waals surface area contributed by atoms with E-state index in [9.17, 15) is 13.6 Å². The lowest BCUT2D eigenvalue weighted by Crippen LogP contribution is -2.36. The Balaban J connectivity index is 2.10. The van der Waals surface area contributed by atoms with Crippen molar-refractivity contribution in [3.8, 4) is 5.75 Å². The van der Waals surface area contributed by atoms with E-state index in [0.717, 1.165) is 5.69 Å². The molecule has 130 valence electrons. The van der Waals surface area contributed by atoms with Crippen molar-refractivity contribution in [2.45, 2.75) is 13.2 Å². The zero-order valence-electron chi connectivity index (χ0n) is 13.6. The SMILES string of the molecule is CN(C)CCN(Cc1cnc[nH]1)C(=O)c1ccc(OC(F)F)cc1. The van der Waals surface area contributed by atoms with Crippen LogP contribution in [0.2, 0.25) is 0 Å². The molecular weight excluding hydrogens is 318 g/mol. The van der Waals surface area contributed by atoms with Crippen LogP contribution in [0.15, 0.2) is 36.8 Å². The number of halogens is 2. The van der Waals surface area contributed by atoms with Crippen LogP contribution < -0.4 is 4.74 Å². The maximum atomic E-state index is 12.7. The van der Waals surface area contributed by atoms with Crippen LogP contribution in [0.3, 0.4) is 0 Å². The van der Waals surface area contributed by atoms with E-state index in [1.807, 2.05) is 19.0 Å². The average molecular weight is 338 g/mol. The summed E-state index contributed by atoms with van der Waals surface area (Å²) in [6.07, 6.45) is 3.22. The maximum Gasteiger partial charge on any atom is 0.387 e. The minimum Gasteiger partial charge on any atom is -0.435 e. The number of amides is 1. The van der Waals surface area contributed by atoms with Crippen molar-refractivity contribution < 1.29 is 18.3 Å². The van der Waals surface area contributed by atoms with E-state index < -0.39 is 6.61 Å². The molecule has 0 fully saturated rings. The molecule has 0 spiro atoms. The quantitative estimate of drug-likeness (QED) is 0.802. The number of nitrogens with one attached hydrogen (secondary N) is 1. The van der Waals surface area contributed by atoms with Gasteiger partial charge in [-0.2, -0.15) is 8.78 Å². The minimum atomic E-state index is -2.89. The predicted molar refractivity (Wildman–Crippen MR) is 85.0 cm³/mol. The van der Waals surface area contributed by atoms with Crippen LogP contribution in [0.4, 0.5) is 8.78 Å². The minimum absolute atomic E-state index is 0.0231. The fourth-order valence-electron chi connectivity index (χ4n) is 2.11. The molecule has 8 heteroatoms. The molecule has 1 amide bonds. The number of aromatic amines is 1. The Morgan fingerprint density at radius 3 is 2.50 bits per heavy atom. The van der Waals surface area contributed by atoms with Gasteiger partial charge in [0.05, 0.1) is 18.6 Å². The number of carbonyl (C=O) groups is 1. The van der Waals surface area contributed by atoms with E-state index in [1.54, 1.807) is 17.4 Å². The Morgan fingerprint density at radius 1 is 1.25 bits per heavy atom. The zero-order valence-corrected chi connectivity index (χ0v) is 13.6. The average Bonchev–Trinajstić information content (AvgIpc) is 3.04. The van der Waals surface area contributed by atoms with Crippen molar-refractivity contribution in [2.75, 3.05) is 27.2 Å². The first-order valence-electron chi connectivity index (χ1n) is 7.42. The highest BCUT2D eigenvalue weighted by Crippen LogP contribution is 2.16. The van der Waals surface area contributed by atoms with Crippen molar-refractivity contribution in [1.29, 1.82) is 0 Å². The number of alkyl halides is 2. The van der Waals surface area contributed by atoms with Crippen molar-refractivity contribution in [1.82, 2.24) is 19.8 Å². The smallest absolute Gasteiger partial charge is 0.387 e. The molecule has 2 aromatic rings. The predicted octanol–water partition coefficient (Wildman–Crippen LogP) is 2.22. The second-order valence-electron chi connectivity index (χ2n) is 5.51. The third-order valence-corrected chi connectivity index (χ3v) is 3.35. The third kappa shape index (κ3) is 5.31. The van der Waals surface area contributed by atoms with Gasteiger partial charge in [0.15, 0.2) is 0 Å². The molecule has 1 N–H and O–H groups in total. The monoisotopic (exact) mass is 338 g/mol. The van der Waals surface area contributed by atoms with Crippen molar-refractivity contribution in [2.24, 2.45) is 0 Å². The van der Waals surface area contributed by atoms with Gasteiger partial charge in [0.1, 0.15) is 5.75 Å². The molecule has 0 radical (unpaired) electrons. The molecule has 0 atom stereocenters. The molecule has 0 aliphatic carbocycles. The lowest BCUT2D eigenvalue weighted by atomic mass is 10.2. The Labute approximate surface area is 139 Å². The summed E-state index contributed by atoms with van der Waals surface area (Å²) >= 11 is 0. The Morgan fingerprint density at radius 2 is 1.96 bits per heavy atom. The molecule has 6 nitrogen and oxygen atoms in total. The molecule has 0 saturated carbocycles. The Kier molecular flexibility index (Phi) is 6.25. The molecule has 1 heterocycles. The number of H-pyrrole nitrogens is 1. The summed E-state index contributed by atoms with van der Waals surface area (Å²) in [6.45, 7) is -1.27. The normalized spacial score (nSPS) is 11.1. The van der Waals surface area contributed by atoms with Crippen LogP contribution in [0.25, 0.3) is 0 Å². The molecule has 1 aromatic heterocycles. The second kappa shape index (κ2) is 8.39. The van der Waals surface area contributed by atoms with Crippen LogP contribution in [-0.2, 0) is 6.54 Å². The Hall–Kier alpha value is -2.48. The third-order valence-electron chi connectivity index (χ3n) is 3.35. The fourth-order valence-corrected chi connectivity index (χ4v) is 2.11. The number of benzene rings is 1. The summed E-state index contributed by atoms with van der Waals surface area (Å²) in [4.78, 5) is 23.3. The summed E-state index contributed by atoms with van der Waals surface area (Å²) in [5, 5.41) is 0. The van der Waals surface area contributed by atoms with Crippen LogP contribution in [0.5, 0.6) is 5.75 Å². The first-order chi connectivity index (χ1) is 11.5. The number of nitrogens with zero attached hydrogens (tertiary/aromatic N) is 3. The van der Waals surface area contributed by atoms with Crippen LogP contribution in [0.1, 0.15) is 16.1 Å². The molecule has 0 aliphatic rings. The summed E-state index contributed by atoms with van der Waals surface area (Å²) in [6, 6.07) is 5.69. The van der Waals surface area contributed by atoms with Gasteiger partial charge < -0.3 is 19.5 Å². The number of carbonyl (C=O) groups excluding carboxylic acids is 1. The number of hydrogen-bond acceptors (Lipinski definition) is 4. The number of hydrogen-bond donors (Lipinski definition) is 1. The fraction of sp³-hybridized carbons (Fsp3) is 0.375. The maximum absolute atomic E-state index is 12.7. The van der Waals surface area contributed by atoms with Gasteiger partial charge in [-0.3, -0.25) is 4.79 Å². The molecule has 0 saturated heterocycles. The summed E-state index contributed by atoms with van der Waals surface area (Å²) in [5.74, 6) is -0.162. The standard InChI is InChI=1S/C16H20F2N4O2/c1-21(2)7-8-22(10-13-9-19-11-20-13)15(23)12-3-5-14(6-4-12)24-16(17)18/h3-6,9,11,16H,7-8,10H2,1-2H3,(H,19,20). The van der Waals surface area contributed by atoms with E-state index in [1.165, 1.54) is 24.3 Å². The number of likely N-dealkylation sites (N-methyl/N-ethyl adjacent to an activating group) is 1. The van der Waals surface area contributed by atoms with Gasteiger partial charge >= 0.3 is 6.61 Å². The lowest BCUT2D eigenvalue weighted by Gasteiger charge is -2.24. The number of ether oxygens (including phenoxy) is 1. The van der Waals surface area contributed by atoms with Gasteiger partial charge in [-0.05, 0) is 38.4 Å². The molecular formula is C16H20F2N4O2. The highest BCUT2D eigenvalue weighted by Gasteiger charge is 2.17. The highest BCUT2D eigenvalue weighted by molar-refractivity contribution is 5.94. The van der Waals surface area contributed by atoms with Gasteiger partial charge in [0, 0.05) is 24.8 Å². The van der Waals surface area contributed by atoms with E-state index >= 15 is 0 Å². The van der Waals surface area contributed by atoms with Gasteiger partial charge in [-0.25, -0.2) is 4.98 Å². The molecule has 0 aliphatic heterocycles. The summed E-state index contributed by atoms with van der Waals surface area (Å²) in [7, 11) is 3.85. The summed E-state index contributed by atoms with van der Waals surface area (Å²) < 4.78 is 28.7. The number of imidazole rings is 1. The van der Waals surface area contributed by atoms with Crippen molar-refractivity contribution >= 4 is 5.91 Å². The van der Waals surface area contributed by atoms with Gasteiger partial charge in [0.25, 0.3) is 5.91 Å². The van der Waals surface area contributed by atoms with Gasteiger partial charge in [-0.15, -0.1) is 0 Å². The van der Waals surface area contributed by atoms with Crippen LogP contribution in [-0.4, -0.2) is 59.5 Å². The molecule has 2 rings (SSSR count). The lowest BCUT2D eigenvalue weighted by molar-refractivity contribution is -0.0498. The highest BCUT2D eigenvalue weighted by atomic mass is 19.3. The van der Waals surface area contributed by atoms with E-state index in [0.29, 0.717) is 25.2 Å². The van der Waals surface area contributed by atoms with Gasteiger partial charge in [0.2, 0.25) is 0 Å². The largest absolute Gasteiger partial charge is 0.435 e. The van der Waals surface area contributed by atoms with E-state index in [4.69, 9.17) is 0 Å².